The zero-order chi connectivity index (χ0) is 11.7. The number of fused-ring (bicyclic) bond motifs is 1. The van der Waals surface area contributed by atoms with Gasteiger partial charge in [0.2, 0.25) is 11.9 Å². The minimum atomic E-state index is -0.0763. The Balaban J connectivity index is 2.29. The molecule has 5 nitrogen and oxygen atoms in total. The molecule has 0 aromatic carbocycles. The number of anilines is 1. The molecule has 1 N–H and O–H groups in total. The Morgan fingerprint density at radius 3 is 2.88 bits per heavy atom. The van der Waals surface area contributed by atoms with Crippen LogP contribution < -0.4 is 5.32 Å². The maximum absolute atomic E-state index is 11.5. The van der Waals surface area contributed by atoms with E-state index in [1.165, 1.54) is 0 Å². The van der Waals surface area contributed by atoms with Crippen LogP contribution in [0.4, 0.5) is 5.95 Å². The second-order valence-electron chi connectivity index (χ2n) is 4.09. The Morgan fingerprint density at radius 1 is 1.44 bits per heavy atom. The smallest absolute Gasteiger partial charge is 0.249 e. The van der Waals surface area contributed by atoms with Gasteiger partial charge in [0.15, 0.2) is 5.65 Å². The summed E-state index contributed by atoms with van der Waals surface area (Å²) in [5.41, 5.74) is 1.82. The Labute approximate surface area is 93.5 Å². The van der Waals surface area contributed by atoms with E-state index >= 15 is 0 Å². The van der Waals surface area contributed by atoms with E-state index in [1.54, 1.807) is 4.52 Å². The fourth-order valence-electron chi connectivity index (χ4n) is 1.29. The van der Waals surface area contributed by atoms with Gasteiger partial charge in [-0.2, -0.15) is 4.98 Å². The Morgan fingerprint density at radius 2 is 2.19 bits per heavy atom. The molecule has 5 heteroatoms. The lowest BCUT2D eigenvalue weighted by atomic mass is 10.2. The summed E-state index contributed by atoms with van der Waals surface area (Å²) < 4.78 is 1.66. The fourth-order valence-corrected chi connectivity index (χ4v) is 1.29. The van der Waals surface area contributed by atoms with Crippen LogP contribution in [0.15, 0.2) is 18.3 Å². The molecule has 2 rings (SSSR count). The fraction of sp³-hybridized carbons (Fsp3) is 0.364. The Kier molecular flexibility index (Phi) is 2.60. The number of carbonyl (C=O) groups is 1. The number of hydrogen-bond donors (Lipinski definition) is 1. The largest absolute Gasteiger partial charge is 0.293 e. The van der Waals surface area contributed by atoms with Gasteiger partial charge in [-0.05, 0) is 18.6 Å². The van der Waals surface area contributed by atoms with Crippen LogP contribution in [-0.4, -0.2) is 20.5 Å². The molecule has 0 spiro atoms. The third kappa shape index (κ3) is 2.03. The summed E-state index contributed by atoms with van der Waals surface area (Å²) in [6, 6.07) is 3.82. The average Bonchev–Trinajstić information content (AvgIpc) is 2.58. The molecule has 0 fully saturated rings. The van der Waals surface area contributed by atoms with Crippen molar-refractivity contribution in [1.29, 1.82) is 0 Å². The molecule has 2 aromatic heterocycles. The zero-order valence-corrected chi connectivity index (χ0v) is 9.56. The van der Waals surface area contributed by atoms with Gasteiger partial charge in [-0.3, -0.25) is 10.1 Å². The van der Waals surface area contributed by atoms with Crippen molar-refractivity contribution in [2.75, 3.05) is 5.32 Å². The molecule has 0 bridgehead atoms. The third-order valence-electron chi connectivity index (χ3n) is 2.24. The molecule has 2 aromatic rings. The van der Waals surface area contributed by atoms with Crippen LogP contribution >= 0.6 is 0 Å². The number of rotatable bonds is 2. The molecule has 1 amide bonds. The average molecular weight is 218 g/mol. The normalized spacial score (nSPS) is 11.0. The quantitative estimate of drug-likeness (QED) is 0.833. The number of hydrogen-bond acceptors (Lipinski definition) is 3. The summed E-state index contributed by atoms with van der Waals surface area (Å²) in [5.74, 6) is 0.199. The molecule has 0 saturated heterocycles. The van der Waals surface area contributed by atoms with Crippen LogP contribution in [0, 0.1) is 12.8 Å². The first-order chi connectivity index (χ1) is 7.56. The summed E-state index contributed by atoms with van der Waals surface area (Å²) in [5, 5.41) is 6.84. The predicted octanol–water partition coefficient (Wildman–Crippen LogP) is 1.63. The van der Waals surface area contributed by atoms with Crippen molar-refractivity contribution in [2.24, 2.45) is 5.92 Å². The van der Waals surface area contributed by atoms with Crippen LogP contribution in [0.1, 0.15) is 19.4 Å². The van der Waals surface area contributed by atoms with Gasteiger partial charge in [0, 0.05) is 12.1 Å². The van der Waals surface area contributed by atoms with Gasteiger partial charge in [-0.1, -0.05) is 19.9 Å². The van der Waals surface area contributed by atoms with E-state index < -0.39 is 0 Å². The van der Waals surface area contributed by atoms with E-state index in [4.69, 9.17) is 0 Å². The summed E-state index contributed by atoms with van der Waals surface area (Å²) in [7, 11) is 0. The van der Waals surface area contributed by atoms with Crippen molar-refractivity contribution < 1.29 is 4.79 Å². The van der Waals surface area contributed by atoms with E-state index in [9.17, 15) is 4.79 Å². The number of aromatic nitrogens is 3. The van der Waals surface area contributed by atoms with Gasteiger partial charge in [0.05, 0.1) is 0 Å². The van der Waals surface area contributed by atoms with E-state index in [1.807, 2.05) is 39.1 Å². The maximum atomic E-state index is 11.5. The van der Waals surface area contributed by atoms with E-state index in [0.717, 1.165) is 11.2 Å². The van der Waals surface area contributed by atoms with Gasteiger partial charge in [-0.15, -0.1) is 5.10 Å². The van der Waals surface area contributed by atoms with Crippen molar-refractivity contribution in [3.63, 3.8) is 0 Å². The highest BCUT2D eigenvalue weighted by atomic mass is 16.2. The second-order valence-corrected chi connectivity index (χ2v) is 4.09. The highest BCUT2D eigenvalue weighted by Gasteiger charge is 2.10. The van der Waals surface area contributed by atoms with Crippen LogP contribution in [0.25, 0.3) is 5.65 Å². The van der Waals surface area contributed by atoms with Crippen molar-refractivity contribution in [2.45, 2.75) is 20.8 Å². The second kappa shape index (κ2) is 3.92. The standard InChI is InChI=1S/C11H14N4O/c1-7(2)10(16)13-11-12-9-5-4-8(3)6-15(9)14-11/h4-7H,1-3H3,(H,13,14,16). The summed E-state index contributed by atoms with van der Waals surface area (Å²) in [6.45, 7) is 5.64. The highest BCUT2D eigenvalue weighted by molar-refractivity contribution is 5.90. The molecule has 0 aliphatic rings. The molecule has 84 valence electrons. The van der Waals surface area contributed by atoms with Crippen molar-refractivity contribution in [3.05, 3.63) is 23.9 Å². The SMILES string of the molecule is Cc1ccc2nc(NC(=O)C(C)C)nn2c1. The summed E-state index contributed by atoms with van der Waals surface area (Å²) in [4.78, 5) is 15.7. The van der Waals surface area contributed by atoms with E-state index in [0.29, 0.717) is 5.95 Å². The van der Waals surface area contributed by atoms with Crippen LogP contribution in [-0.2, 0) is 4.79 Å². The molecule has 2 heterocycles. The van der Waals surface area contributed by atoms with E-state index in [-0.39, 0.29) is 11.8 Å². The molecule has 0 atom stereocenters. The Hall–Kier alpha value is -1.91. The zero-order valence-electron chi connectivity index (χ0n) is 9.56. The number of carbonyl (C=O) groups excluding carboxylic acids is 1. The lowest BCUT2D eigenvalue weighted by Crippen LogP contribution is -2.18. The number of nitrogens with one attached hydrogen (secondary N) is 1. The highest BCUT2D eigenvalue weighted by Crippen LogP contribution is 2.08. The lowest BCUT2D eigenvalue weighted by Gasteiger charge is -2.01. The number of amides is 1. The van der Waals surface area contributed by atoms with Crippen LogP contribution in [0.5, 0.6) is 0 Å². The molecule has 0 unspecified atom stereocenters. The summed E-state index contributed by atoms with van der Waals surface area (Å²) in [6.07, 6.45) is 1.87. The number of nitrogens with zero attached hydrogens (tertiary/aromatic N) is 3. The molecular formula is C11H14N4O. The van der Waals surface area contributed by atoms with Crippen molar-refractivity contribution >= 4 is 17.5 Å². The van der Waals surface area contributed by atoms with Crippen LogP contribution in [0.3, 0.4) is 0 Å². The molecule has 0 aliphatic heterocycles. The number of pyridine rings is 1. The monoisotopic (exact) mass is 218 g/mol. The molecule has 16 heavy (non-hydrogen) atoms. The van der Waals surface area contributed by atoms with E-state index in [2.05, 4.69) is 15.4 Å². The molecular weight excluding hydrogens is 204 g/mol. The first-order valence-electron chi connectivity index (χ1n) is 5.20. The number of aryl methyl sites for hydroxylation is 1. The van der Waals surface area contributed by atoms with Gasteiger partial charge in [0.25, 0.3) is 0 Å². The predicted molar refractivity (Wildman–Crippen MR) is 61.2 cm³/mol. The first kappa shape index (κ1) is 10.6. The van der Waals surface area contributed by atoms with Crippen LogP contribution in [0.2, 0.25) is 0 Å². The first-order valence-corrected chi connectivity index (χ1v) is 5.20. The maximum Gasteiger partial charge on any atom is 0.249 e. The molecule has 0 saturated carbocycles. The Bertz CT molecular complexity index is 530. The lowest BCUT2D eigenvalue weighted by molar-refractivity contribution is -0.118. The minimum Gasteiger partial charge on any atom is -0.293 e. The van der Waals surface area contributed by atoms with Gasteiger partial charge < -0.3 is 0 Å². The summed E-state index contributed by atoms with van der Waals surface area (Å²) >= 11 is 0. The van der Waals surface area contributed by atoms with Gasteiger partial charge in [-0.25, -0.2) is 4.52 Å². The molecule has 0 radical (unpaired) electrons. The van der Waals surface area contributed by atoms with Gasteiger partial charge in [0.1, 0.15) is 0 Å². The topological polar surface area (TPSA) is 59.3 Å². The molecule has 0 aliphatic carbocycles. The van der Waals surface area contributed by atoms with Crippen molar-refractivity contribution in [3.8, 4) is 0 Å². The minimum absolute atomic E-state index is 0.0756. The van der Waals surface area contributed by atoms with Crippen molar-refractivity contribution in [1.82, 2.24) is 14.6 Å². The van der Waals surface area contributed by atoms with Gasteiger partial charge >= 0.3 is 0 Å². The third-order valence-corrected chi connectivity index (χ3v) is 2.24.